The summed E-state index contributed by atoms with van der Waals surface area (Å²) in [5.74, 6) is 1.51. The van der Waals surface area contributed by atoms with Crippen LogP contribution < -0.4 is 10.2 Å². The van der Waals surface area contributed by atoms with Crippen LogP contribution in [0.2, 0.25) is 0 Å². The number of carbonyl (C=O) groups excluding carboxylic acids is 1. The minimum absolute atomic E-state index is 0.0624. The highest BCUT2D eigenvalue weighted by molar-refractivity contribution is 5.90. The first kappa shape index (κ1) is 18.0. The van der Waals surface area contributed by atoms with E-state index in [0.29, 0.717) is 24.5 Å². The summed E-state index contributed by atoms with van der Waals surface area (Å²) in [7, 11) is 0. The molecule has 7 nitrogen and oxygen atoms in total. The minimum Gasteiger partial charge on any atom is -0.463 e. The SMILES string of the molecule is Cc1cccc(NC(=O)N2CCN(c3ccc(-c4ccco4)nn3)CC2)c1C. The number of hydrogen-bond acceptors (Lipinski definition) is 5. The molecule has 0 bridgehead atoms. The van der Waals surface area contributed by atoms with Crippen molar-refractivity contribution in [3.05, 3.63) is 59.9 Å². The van der Waals surface area contributed by atoms with Crippen LogP contribution in [0.1, 0.15) is 11.1 Å². The molecule has 1 aliphatic rings. The molecule has 2 aromatic heterocycles. The van der Waals surface area contributed by atoms with Crippen LogP contribution in [0.25, 0.3) is 11.5 Å². The van der Waals surface area contributed by atoms with E-state index >= 15 is 0 Å². The van der Waals surface area contributed by atoms with Gasteiger partial charge in [0.1, 0.15) is 5.69 Å². The standard InChI is InChI=1S/C21H23N5O2/c1-15-5-3-6-17(16(15)2)22-21(27)26-12-10-25(11-13-26)20-9-8-18(23-24-20)19-7-4-14-28-19/h3-9,14H,10-13H2,1-2H3,(H,22,27). The molecule has 7 heteroatoms. The molecule has 0 saturated carbocycles. The highest BCUT2D eigenvalue weighted by Gasteiger charge is 2.22. The van der Waals surface area contributed by atoms with Crippen LogP contribution >= 0.6 is 0 Å². The first-order valence-corrected chi connectivity index (χ1v) is 9.36. The Morgan fingerprint density at radius 1 is 1.00 bits per heavy atom. The van der Waals surface area contributed by atoms with E-state index in [1.165, 1.54) is 5.56 Å². The van der Waals surface area contributed by atoms with Crippen molar-refractivity contribution in [3.8, 4) is 11.5 Å². The zero-order valence-electron chi connectivity index (χ0n) is 16.1. The summed E-state index contributed by atoms with van der Waals surface area (Å²) in [5.41, 5.74) is 3.84. The van der Waals surface area contributed by atoms with Gasteiger partial charge >= 0.3 is 6.03 Å². The summed E-state index contributed by atoms with van der Waals surface area (Å²) in [6.07, 6.45) is 1.62. The van der Waals surface area contributed by atoms with Gasteiger partial charge in [-0.15, -0.1) is 10.2 Å². The number of urea groups is 1. The highest BCUT2D eigenvalue weighted by atomic mass is 16.3. The summed E-state index contributed by atoms with van der Waals surface area (Å²) in [6.45, 7) is 6.77. The Bertz CT molecular complexity index is 945. The number of nitrogens with one attached hydrogen (secondary N) is 1. The predicted octanol–water partition coefficient (Wildman–Crippen LogP) is 3.71. The largest absolute Gasteiger partial charge is 0.463 e. The Morgan fingerprint density at radius 3 is 2.50 bits per heavy atom. The molecule has 1 fully saturated rings. The van der Waals surface area contributed by atoms with Crippen LogP contribution in [-0.2, 0) is 0 Å². The zero-order valence-corrected chi connectivity index (χ0v) is 16.1. The quantitative estimate of drug-likeness (QED) is 0.753. The van der Waals surface area contributed by atoms with Gasteiger partial charge in [-0.3, -0.25) is 0 Å². The smallest absolute Gasteiger partial charge is 0.321 e. The maximum atomic E-state index is 12.6. The Balaban J connectivity index is 1.35. The highest BCUT2D eigenvalue weighted by Crippen LogP contribution is 2.21. The molecule has 0 spiro atoms. The Morgan fingerprint density at radius 2 is 1.82 bits per heavy atom. The Labute approximate surface area is 164 Å². The molecule has 0 radical (unpaired) electrons. The molecule has 1 saturated heterocycles. The first-order valence-electron chi connectivity index (χ1n) is 9.36. The van der Waals surface area contributed by atoms with Gasteiger partial charge in [0.25, 0.3) is 0 Å². The fourth-order valence-electron chi connectivity index (χ4n) is 3.27. The third-order valence-corrected chi connectivity index (χ3v) is 5.16. The molecule has 0 unspecified atom stereocenters. The number of furan rings is 1. The molecule has 144 valence electrons. The number of aromatic nitrogens is 2. The minimum atomic E-state index is -0.0624. The zero-order chi connectivity index (χ0) is 19.5. The van der Waals surface area contributed by atoms with Gasteiger partial charge in [-0.05, 0) is 55.3 Å². The van der Waals surface area contributed by atoms with Crippen LogP contribution in [0.3, 0.4) is 0 Å². The molecule has 3 aromatic rings. The number of hydrogen-bond donors (Lipinski definition) is 1. The van der Waals surface area contributed by atoms with E-state index in [2.05, 4.69) is 20.4 Å². The summed E-state index contributed by atoms with van der Waals surface area (Å²) in [4.78, 5) is 16.6. The lowest BCUT2D eigenvalue weighted by molar-refractivity contribution is 0.208. The lowest BCUT2D eigenvalue weighted by Gasteiger charge is -2.35. The molecule has 3 heterocycles. The van der Waals surface area contributed by atoms with Crippen molar-refractivity contribution in [1.82, 2.24) is 15.1 Å². The average Bonchev–Trinajstić information content (AvgIpc) is 3.26. The molecule has 1 aromatic carbocycles. The van der Waals surface area contributed by atoms with E-state index in [-0.39, 0.29) is 6.03 Å². The molecule has 1 aliphatic heterocycles. The van der Waals surface area contributed by atoms with Crippen LogP contribution in [-0.4, -0.2) is 47.3 Å². The average molecular weight is 377 g/mol. The van der Waals surface area contributed by atoms with Gasteiger partial charge in [-0.2, -0.15) is 0 Å². The van der Waals surface area contributed by atoms with Crippen LogP contribution in [0.4, 0.5) is 16.3 Å². The number of aryl methyl sites for hydroxylation is 1. The maximum absolute atomic E-state index is 12.6. The lowest BCUT2D eigenvalue weighted by atomic mass is 10.1. The Kier molecular flexibility index (Phi) is 4.97. The lowest BCUT2D eigenvalue weighted by Crippen LogP contribution is -2.50. The fraction of sp³-hybridized carbons (Fsp3) is 0.286. The number of piperazine rings is 1. The van der Waals surface area contributed by atoms with Gasteiger partial charge in [0.2, 0.25) is 0 Å². The third-order valence-electron chi connectivity index (χ3n) is 5.16. The molecule has 0 atom stereocenters. The predicted molar refractivity (Wildman–Crippen MR) is 108 cm³/mol. The van der Waals surface area contributed by atoms with Gasteiger partial charge < -0.3 is 19.5 Å². The van der Waals surface area contributed by atoms with Gasteiger partial charge in [-0.1, -0.05) is 12.1 Å². The van der Waals surface area contributed by atoms with Gasteiger partial charge in [0.15, 0.2) is 11.6 Å². The van der Waals surface area contributed by atoms with Crippen LogP contribution in [0, 0.1) is 13.8 Å². The molecule has 0 aliphatic carbocycles. The van der Waals surface area contributed by atoms with Crippen molar-refractivity contribution in [2.45, 2.75) is 13.8 Å². The summed E-state index contributed by atoms with van der Waals surface area (Å²) in [6, 6.07) is 13.4. The van der Waals surface area contributed by atoms with E-state index in [9.17, 15) is 4.79 Å². The number of rotatable bonds is 3. The normalized spacial score (nSPS) is 14.2. The van der Waals surface area contributed by atoms with E-state index in [1.54, 1.807) is 6.26 Å². The number of nitrogens with zero attached hydrogens (tertiary/aromatic N) is 4. The second kappa shape index (κ2) is 7.72. The monoisotopic (exact) mass is 377 g/mol. The van der Waals surface area contributed by atoms with Gasteiger partial charge in [-0.25, -0.2) is 4.79 Å². The van der Waals surface area contributed by atoms with Crippen molar-refractivity contribution in [2.75, 3.05) is 36.4 Å². The number of amides is 2. The van der Waals surface area contributed by atoms with Crippen molar-refractivity contribution >= 4 is 17.5 Å². The molecule has 2 amide bonds. The van der Waals surface area contributed by atoms with Crippen molar-refractivity contribution in [3.63, 3.8) is 0 Å². The first-order chi connectivity index (χ1) is 13.6. The topological polar surface area (TPSA) is 74.5 Å². The van der Waals surface area contributed by atoms with Crippen molar-refractivity contribution in [1.29, 1.82) is 0 Å². The number of carbonyl (C=O) groups is 1. The molecular formula is C21H23N5O2. The summed E-state index contributed by atoms with van der Waals surface area (Å²) >= 11 is 0. The number of benzene rings is 1. The van der Waals surface area contributed by atoms with Gasteiger partial charge in [0.05, 0.1) is 6.26 Å². The van der Waals surface area contributed by atoms with E-state index in [0.717, 1.165) is 30.2 Å². The van der Waals surface area contributed by atoms with Crippen LogP contribution in [0.15, 0.2) is 53.1 Å². The summed E-state index contributed by atoms with van der Waals surface area (Å²) in [5, 5.41) is 11.6. The fourth-order valence-corrected chi connectivity index (χ4v) is 3.27. The Hall–Kier alpha value is -3.35. The van der Waals surface area contributed by atoms with E-state index in [4.69, 9.17) is 4.42 Å². The second-order valence-electron chi connectivity index (χ2n) is 6.91. The van der Waals surface area contributed by atoms with Crippen molar-refractivity contribution < 1.29 is 9.21 Å². The van der Waals surface area contributed by atoms with Crippen LogP contribution in [0.5, 0.6) is 0 Å². The molecule has 4 rings (SSSR count). The van der Waals surface area contributed by atoms with Gasteiger partial charge in [0, 0.05) is 31.9 Å². The maximum Gasteiger partial charge on any atom is 0.321 e. The molecular weight excluding hydrogens is 354 g/mol. The van der Waals surface area contributed by atoms with Crippen molar-refractivity contribution in [2.24, 2.45) is 0 Å². The summed E-state index contributed by atoms with van der Waals surface area (Å²) < 4.78 is 5.34. The van der Waals surface area contributed by atoms with E-state index < -0.39 is 0 Å². The third kappa shape index (κ3) is 3.69. The molecule has 28 heavy (non-hydrogen) atoms. The number of anilines is 2. The molecule has 1 N–H and O–H groups in total. The van der Waals surface area contributed by atoms with E-state index in [1.807, 2.05) is 61.2 Å². The second-order valence-corrected chi connectivity index (χ2v) is 6.91.